The first-order valence-electron chi connectivity index (χ1n) is 9.42. The van der Waals surface area contributed by atoms with Crippen molar-refractivity contribution in [2.24, 2.45) is 0 Å². The minimum Gasteiger partial charge on any atom is -0.485 e. The minimum atomic E-state index is -0.277. The standard InChI is InChI=1S/C20H28N2O3/c1-15-5-6-17-16(12-15)13-22(19(23)18-4-3-11-24-18)14-20(25-17)7-9-21(2)10-8-20/h5-6,12,18H,3-4,7-11,13-14H2,1-2H3. The number of rotatable bonds is 1. The van der Waals surface area contributed by atoms with E-state index >= 15 is 0 Å². The predicted molar refractivity (Wildman–Crippen MR) is 95.7 cm³/mol. The lowest BCUT2D eigenvalue weighted by Gasteiger charge is -2.42. The van der Waals surface area contributed by atoms with Gasteiger partial charge >= 0.3 is 0 Å². The van der Waals surface area contributed by atoms with Crippen LogP contribution in [0, 0.1) is 6.92 Å². The monoisotopic (exact) mass is 344 g/mol. The summed E-state index contributed by atoms with van der Waals surface area (Å²) < 4.78 is 12.2. The van der Waals surface area contributed by atoms with Gasteiger partial charge in [-0.1, -0.05) is 17.7 Å². The van der Waals surface area contributed by atoms with E-state index < -0.39 is 0 Å². The van der Waals surface area contributed by atoms with Gasteiger partial charge in [-0.05, 0) is 32.9 Å². The van der Waals surface area contributed by atoms with Crippen LogP contribution in [0.25, 0.3) is 0 Å². The Bertz CT molecular complexity index is 646. The van der Waals surface area contributed by atoms with Gasteiger partial charge in [-0.2, -0.15) is 0 Å². The quantitative estimate of drug-likeness (QED) is 0.784. The molecule has 5 heteroatoms. The maximum absolute atomic E-state index is 13.1. The summed E-state index contributed by atoms with van der Waals surface area (Å²) in [5.74, 6) is 1.08. The van der Waals surface area contributed by atoms with Crippen LogP contribution in [0.4, 0.5) is 0 Å². The number of amides is 1. The van der Waals surface area contributed by atoms with Crippen LogP contribution in [-0.4, -0.2) is 60.7 Å². The summed E-state index contributed by atoms with van der Waals surface area (Å²) in [6.45, 7) is 6.07. The molecule has 1 aromatic rings. The van der Waals surface area contributed by atoms with E-state index in [4.69, 9.17) is 9.47 Å². The summed E-state index contributed by atoms with van der Waals surface area (Å²) in [6.07, 6.45) is 3.45. The Balaban J connectivity index is 1.65. The fraction of sp³-hybridized carbons (Fsp3) is 0.650. The van der Waals surface area contributed by atoms with Gasteiger partial charge in [0.05, 0.1) is 6.54 Å². The average Bonchev–Trinajstić information content (AvgIpc) is 3.08. The molecule has 2 fully saturated rings. The van der Waals surface area contributed by atoms with Crippen molar-refractivity contribution in [1.82, 2.24) is 9.80 Å². The minimum absolute atomic E-state index is 0.133. The van der Waals surface area contributed by atoms with Gasteiger partial charge in [0.2, 0.25) is 0 Å². The van der Waals surface area contributed by atoms with E-state index in [2.05, 4.69) is 37.1 Å². The molecule has 5 nitrogen and oxygen atoms in total. The number of hydrogen-bond acceptors (Lipinski definition) is 4. The number of nitrogens with zero attached hydrogens (tertiary/aromatic N) is 2. The zero-order valence-corrected chi connectivity index (χ0v) is 15.3. The molecule has 3 aliphatic rings. The Hall–Kier alpha value is -1.59. The molecule has 136 valence electrons. The predicted octanol–water partition coefficient (Wildman–Crippen LogP) is 2.36. The molecule has 4 rings (SSSR count). The van der Waals surface area contributed by atoms with Crippen molar-refractivity contribution < 1.29 is 14.3 Å². The molecular formula is C20H28N2O3. The van der Waals surface area contributed by atoms with Crippen molar-refractivity contribution >= 4 is 5.91 Å². The first kappa shape index (κ1) is 16.9. The maximum Gasteiger partial charge on any atom is 0.252 e. The third-order valence-electron chi connectivity index (χ3n) is 5.80. The fourth-order valence-corrected chi connectivity index (χ4v) is 4.22. The number of benzene rings is 1. The molecule has 1 aromatic carbocycles. The molecule has 1 unspecified atom stereocenters. The zero-order valence-electron chi connectivity index (χ0n) is 15.3. The Morgan fingerprint density at radius 1 is 1.28 bits per heavy atom. The largest absolute Gasteiger partial charge is 0.485 e. The number of likely N-dealkylation sites (tertiary alicyclic amines) is 1. The number of carbonyl (C=O) groups is 1. The number of aryl methyl sites for hydroxylation is 1. The van der Waals surface area contributed by atoms with Gasteiger partial charge < -0.3 is 19.3 Å². The van der Waals surface area contributed by atoms with Crippen molar-refractivity contribution in [2.75, 3.05) is 33.3 Å². The molecular weight excluding hydrogens is 316 g/mol. The van der Waals surface area contributed by atoms with Gasteiger partial charge in [0.1, 0.15) is 17.5 Å². The lowest BCUT2D eigenvalue weighted by atomic mass is 9.90. The highest BCUT2D eigenvalue weighted by atomic mass is 16.5. The number of ether oxygens (including phenoxy) is 2. The number of fused-ring (bicyclic) bond motifs is 1. The summed E-state index contributed by atoms with van der Waals surface area (Å²) in [5, 5.41) is 0. The van der Waals surface area contributed by atoms with Gasteiger partial charge in [-0.15, -0.1) is 0 Å². The van der Waals surface area contributed by atoms with E-state index in [0.29, 0.717) is 19.7 Å². The van der Waals surface area contributed by atoms with Crippen molar-refractivity contribution in [2.45, 2.75) is 50.9 Å². The van der Waals surface area contributed by atoms with Gasteiger partial charge in [0, 0.05) is 44.6 Å². The Morgan fingerprint density at radius 2 is 2.08 bits per heavy atom. The third-order valence-corrected chi connectivity index (χ3v) is 5.80. The molecule has 1 spiro atoms. The lowest BCUT2D eigenvalue weighted by molar-refractivity contribution is -0.144. The fourth-order valence-electron chi connectivity index (χ4n) is 4.22. The SMILES string of the molecule is Cc1ccc2c(c1)CN(C(=O)C1CCCO1)CC1(CCN(C)CC1)O2. The molecule has 0 N–H and O–H groups in total. The molecule has 0 aromatic heterocycles. The maximum atomic E-state index is 13.1. The van der Waals surface area contributed by atoms with Crippen molar-refractivity contribution in [3.8, 4) is 5.75 Å². The van der Waals surface area contributed by atoms with Crippen molar-refractivity contribution in [1.29, 1.82) is 0 Å². The van der Waals surface area contributed by atoms with Crippen molar-refractivity contribution in [3.63, 3.8) is 0 Å². The van der Waals surface area contributed by atoms with Crippen LogP contribution in [0.2, 0.25) is 0 Å². The van der Waals surface area contributed by atoms with Crippen molar-refractivity contribution in [3.05, 3.63) is 29.3 Å². The molecule has 3 heterocycles. The molecule has 1 amide bonds. The molecule has 2 saturated heterocycles. The molecule has 0 aliphatic carbocycles. The Kier molecular flexibility index (Phi) is 4.46. The lowest BCUT2D eigenvalue weighted by Crippen LogP contribution is -2.54. The Labute approximate surface area is 149 Å². The van der Waals surface area contributed by atoms with Crippen LogP contribution in [-0.2, 0) is 16.1 Å². The van der Waals surface area contributed by atoms with Crippen LogP contribution in [0.3, 0.4) is 0 Å². The highest BCUT2D eigenvalue weighted by Gasteiger charge is 2.42. The number of carbonyl (C=O) groups excluding carboxylic acids is 1. The average molecular weight is 344 g/mol. The molecule has 0 radical (unpaired) electrons. The van der Waals surface area contributed by atoms with Crippen LogP contribution in [0.15, 0.2) is 18.2 Å². The highest BCUT2D eigenvalue weighted by Crippen LogP contribution is 2.36. The van der Waals surface area contributed by atoms with E-state index in [1.807, 2.05) is 4.90 Å². The van der Waals surface area contributed by atoms with Crippen LogP contribution in [0.5, 0.6) is 5.75 Å². The Morgan fingerprint density at radius 3 is 2.80 bits per heavy atom. The van der Waals surface area contributed by atoms with E-state index in [0.717, 1.165) is 50.1 Å². The highest BCUT2D eigenvalue weighted by molar-refractivity contribution is 5.81. The summed E-state index contributed by atoms with van der Waals surface area (Å²) in [6, 6.07) is 6.32. The van der Waals surface area contributed by atoms with E-state index in [1.54, 1.807) is 0 Å². The first-order valence-corrected chi connectivity index (χ1v) is 9.42. The summed E-state index contributed by atoms with van der Waals surface area (Å²) in [4.78, 5) is 17.4. The van der Waals surface area contributed by atoms with Gasteiger partial charge in [0.25, 0.3) is 5.91 Å². The van der Waals surface area contributed by atoms with Gasteiger partial charge in [-0.25, -0.2) is 0 Å². The van der Waals surface area contributed by atoms with Gasteiger partial charge in [0.15, 0.2) is 0 Å². The van der Waals surface area contributed by atoms with Gasteiger partial charge in [-0.3, -0.25) is 4.79 Å². The first-order chi connectivity index (χ1) is 12.0. The topological polar surface area (TPSA) is 42.0 Å². The number of hydrogen-bond donors (Lipinski definition) is 0. The van der Waals surface area contributed by atoms with Crippen LogP contribution >= 0.6 is 0 Å². The summed E-state index contributed by atoms with van der Waals surface area (Å²) in [5.41, 5.74) is 2.04. The number of piperidine rings is 1. The second kappa shape index (κ2) is 6.61. The second-order valence-corrected chi connectivity index (χ2v) is 7.90. The van der Waals surface area contributed by atoms with Crippen LogP contribution in [0.1, 0.15) is 36.8 Å². The normalized spacial score (nSPS) is 26.2. The molecule has 1 atom stereocenters. The molecule has 0 saturated carbocycles. The third kappa shape index (κ3) is 3.40. The second-order valence-electron chi connectivity index (χ2n) is 7.90. The molecule has 3 aliphatic heterocycles. The van der Waals surface area contributed by atoms with Crippen LogP contribution < -0.4 is 4.74 Å². The smallest absolute Gasteiger partial charge is 0.252 e. The summed E-state index contributed by atoms with van der Waals surface area (Å²) in [7, 11) is 2.15. The van der Waals surface area contributed by atoms with E-state index in [-0.39, 0.29) is 17.6 Å². The van der Waals surface area contributed by atoms with E-state index in [9.17, 15) is 4.79 Å². The molecule has 25 heavy (non-hydrogen) atoms. The summed E-state index contributed by atoms with van der Waals surface area (Å²) >= 11 is 0. The zero-order chi connectivity index (χ0) is 17.4. The molecule has 0 bridgehead atoms. The van der Waals surface area contributed by atoms with E-state index in [1.165, 1.54) is 5.56 Å².